The lowest BCUT2D eigenvalue weighted by molar-refractivity contribution is 0.0950. The molecule has 0 radical (unpaired) electrons. The Morgan fingerprint density at radius 3 is 2.71 bits per heavy atom. The SMILES string of the molecule is CCNC(=O)c1ccc(N(C)[C@@H](C)CO)nn1. The van der Waals surface area contributed by atoms with Gasteiger partial charge in [0.1, 0.15) is 0 Å². The zero-order chi connectivity index (χ0) is 12.8. The fraction of sp³-hybridized carbons (Fsp3) is 0.545. The van der Waals surface area contributed by atoms with E-state index < -0.39 is 0 Å². The first kappa shape index (κ1) is 13.4. The van der Waals surface area contributed by atoms with Gasteiger partial charge in [0.25, 0.3) is 5.91 Å². The molecule has 6 heteroatoms. The number of aliphatic hydroxyl groups excluding tert-OH is 1. The van der Waals surface area contributed by atoms with Crippen molar-refractivity contribution in [2.45, 2.75) is 19.9 Å². The second kappa shape index (κ2) is 6.15. The Balaban J connectivity index is 2.77. The van der Waals surface area contributed by atoms with Gasteiger partial charge in [-0.05, 0) is 26.0 Å². The molecule has 0 aliphatic carbocycles. The molecule has 0 saturated carbocycles. The molecule has 0 spiro atoms. The van der Waals surface area contributed by atoms with Crippen molar-refractivity contribution in [3.63, 3.8) is 0 Å². The van der Waals surface area contributed by atoms with Crippen molar-refractivity contribution in [2.75, 3.05) is 25.1 Å². The predicted molar refractivity (Wildman–Crippen MR) is 65.0 cm³/mol. The third-order valence-corrected chi connectivity index (χ3v) is 2.51. The Morgan fingerprint density at radius 1 is 1.53 bits per heavy atom. The van der Waals surface area contributed by atoms with Crippen molar-refractivity contribution in [2.24, 2.45) is 0 Å². The topological polar surface area (TPSA) is 78.4 Å². The van der Waals surface area contributed by atoms with E-state index in [1.54, 1.807) is 17.0 Å². The number of anilines is 1. The summed E-state index contributed by atoms with van der Waals surface area (Å²) in [7, 11) is 1.82. The summed E-state index contributed by atoms with van der Waals surface area (Å²) in [6, 6.07) is 3.29. The molecule has 0 aromatic carbocycles. The Bertz CT molecular complexity index is 366. The van der Waals surface area contributed by atoms with Gasteiger partial charge in [0, 0.05) is 13.6 Å². The first-order valence-corrected chi connectivity index (χ1v) is 5.55. The molecule has 2 N–H and O–H groups in total. The maximum atomic E-state index is 11.4. The van der Waals surface area contributed by atoms with Crippen LogP contribution in [-0.2, 0) is 0 Å². The molecule has 0 unspecified atom stereocenters. The number of amides is 1. The van der Waals surface area contributed by atoms with Gasteiger partial charge in [-0.15, -0.1) is 10.2 Å². The van der Waals surface area contributed by atoms with Gasteiger partial charge >= 0.3 is 0 Å². The number of nitrogens with one attached hydrogen (secondary N) is 1. The summed E-state index contributed by atoms with van der Waals surface area (Å²) in [4.78, 5) is 13.2. The molecular formula is C11H18N4O2. The van der Waals surface area contributed by atoms with Gasteiger partial charge in [-0.3, -0.25) is 4.79 Å². The molecule has 0 saturated heterocycles. The van der Waals surface area contributed by atoms with Crippen LogP contribution in [-0.4, -0.2) is 47.5 Å². The van der Waals surface area contributed by atoms with Crippen LogP contribution in [0.3, 0.4) is 0 Å². The molecule has 0 aliphatic rings. The largest absolute Gasteiger partial charge is 0.394 e. The zero-order valence-electron chi connectivity index (χ0n) is 10.3. The van der Waals surface area contributed by atoms with E-state index in [2.05, 4.69) is 15.5 Å². The number of aromatic nitrogens is 2. The molecule has 0 aliphatic heterocycles. The molecule has 1 amide bonds. The van der Waals surface area contributed by atoms with Crippen LogP contribution in [0, 0.1) is 0 Å². The van der Waals surface area contributed by atoms with E-state index in [0.29, 0.717) is 18.1 Å². The first-order valence-electron chi connectivity index (χ1n) is 5.55. The van der Waals surface area contributed by atoms with Crippen molar-refractivity contribution < 1.29 is 9.90 Å². The van der Waals surface area contributed by atoms with Crippen LogP contribution in [0.15, 0.2) is 12.1 Å². The molecule has 17 heavy (non-hydrogen) atoms. The summed E-state index contributed by atoms with van der Waals surface area (Å²) in [6.07, 6.45) is 0. The summed E-state index contributed by atoms with van der Waals surface area (Å²) in [5, 5.41) is 19.5. The molecule has 6 nitrogen and oxygen atoms in total. The number of rotatable bonds is 5. The number of hydrogen-bond acceptors (Lipinski definition) is 5. The average molecular weight is 238 g/mol. The van der Waals surface area contributed by atoms with Gasteiger partial charge in [0.2, 0.25) is 0 Å². The summed E-state index contributed by atoms with van der Waals surface area (Å²) in [5.41, 5.74) is 0.292. The van der Waals surface area contributed by atoms with Gasteiger partial charge in [-0.25, -0.2) is 0 Å². The third kappa shape index (κ3) is 3.39. The minimum absolute atomic E-state index is 0.0379. The summed E-state index contributed by atoms with van der Waals surface area (Å²) in [5.74, 6) is 0.393. The van der Waals surface area contributed by atoms with Crippen LogP contribution in [0.4, 0.5) is 5.82 Å². The number of aliphatic hydroxyl groups is 1. The highest BCUT2D eigenvalue weighted by Crippen LogP contribution is 2.10. The summed E-state index contributed by atoms with van der Waals surface area (Å²) < 4.78 is 0. The maximum absolute atomic E-state index is 11.4. The van der Waals surface area contributed by atoms with E-state index in [-0.39, 0.29) is 18.6 Å². The molecule has 0 fully saturated rings. The first-order chi connectivity index (χ1) is 8.10. The molecule has 0 bridgehead atoms. The van der Waals surface area contributed by atoms with E-state index in [1.165, 1.54) is 0 Å². The van der Waals surface area contributed by atoms with Gasteiger partial charge in [0.15, 0.2) is 11.5 Å². The molecule has 1 aromatic rings. The summed E-state index contributed by atoms with van der Waals surface area (Å²) in [6.45, 7) is 4.32. The van der Waals surface area contributed by atoms with Crippen LogP contribution in [0.1, 0.15) is 24.3 Å². The van der Waals surface area contributed by atoms with E-state index in [4.69, 9.17) is 5.11 Å². The second-order valence-electron chi connectivity index (χ2n) is 3.78. The molecular weight excluding hydrogens is 220 g/mol. The number of likely N-dealkylation sites (N-methyl/N-ethyl adjacent to an activating group) is 1. The van der Waals surface area contributed by atoms with Crippen LogP contribution >= 0.6 is 0 Å². The van der Waals surface area contributed by atoms with Crippen molar-refractivity contribution in [1.29, 1.82) is 0 Å². The van der Waals surface area contributed by atoms with Crippen LogP contribution < -0.4 is 10.2 Å². The maximum Gasteiger partial charge on any atom is 0.271 e. The number of carbonyl (C=O) groups excluding carboxylic acids is 1. The predicted octanol–water partition coefficient (Wildman–Crippen LogP) is 0.0433. The monoisotopic (exact) mass is 238 g/mol. The van der Waals surface area contributed by atoms with Crippen LogP contribution in [0.25, 0.3) is 0 Å². The van der Waals surface area contributed by atoms with Crippen molar-refractivity contribution in [1.82, 2.24) is 15.5 Å². The third-order valence-electron chi connectivity index (χ3n) is 2.51. The van der Waals surface area contributed by atoms with Gasteiger partial charge < -0.3 is 15.3 Å². The van der Waals surface area contributed by atoms with E-state index in [9.17, 15) is 4.79 Å². The van der Waals surface area contributed by atoms with E-state index >= 15 is 0 Å². The molecule has 1 aromatic heterocycles. The van der Waals surface area contributed by atoms with Crippen molar-refractivity contribution in [3.8, 4) is 0 Å². The Kier molecular flexibility index (Phi) is 4.84. The highest BCUT2D eigenvalue weighted by Gasteiger charge is 2.12. The number of carbonyl (C=O) groups is 1. The normalized spacial score (nSPS) is 12.0. The highest BCUT2D eigenvalue weighted by atomic mass is 16.3. The fourth-order valence-electron chi connectivity index (χ4n) is 1.23. The quantitative estimate of drug-likeness (QED) is 0.757. The second-order valence-corrected chi connectivity index (χ2v) is 3.78. The molecule has 94 valence electrons. The lowest BCUT2D eigenvalue weighted by Crippen LogP contribution is -2.33. The van der Waals surface area contributed by atoms with E-state index in [0.717, 1.165) is 0 Å². The lowest BCUT2D eigenvalue weighted by Gasteiger charge is -2.23. The fourth-order valence-corrected chi connectivity index (χ4v) is 1.23. The van der Waals surface area contributed by atoms with E-state index in [1.807, 2.05) is 20.9 Å². The average Bonchev–Trinajstić information content (AvgIpc) is 2.37. The summed E-state index contributed by atoms with van der Waals surface area (Å²) >= 11 is 0. The van der Waals surface area contributed by atoms with Gasteiger partial charge in [0.05, 0.1) is 12.6 Å². The Labute approximate surface area is 101 Å². The van der Waals surface area contributed by atoms with Crippen LogP contribution in [0.2, 0.25) is 0 Å². The van der Waals surface area contributed by atoms with Crippen LogP contribution in [0.5, 0.6) is 0 Å². The molecule has 1 heterocycles. The minimum Gasteiger partial charge on any atom is -0.394 e. The van der Waals surface area contributed by atoms with Crippen molar-refractivity contribution >= 4 is 11.7 Å². The van der Waals surface area contributed by atoms with Gasteiger partial charge in [-0.2, -0.15) is 0 Å². The number of nitrogens with zero attached hydrogens (tertiary/aromatic N) is 3. The van der Waals surface area contributed by atoms with Crippen molar-refractivity contribution in [3.05, 3.63) is 17.8 Å². The Morgan fingerprint density at radius 2 is 2.24 bits per heavy atom. The minimum atomic E-state index is -0.232. The molecule has 1 rings (SSSR count). The lowest BCUT2D eigenvalue weighted by atomic mass is 10.3. The zero-order valence-corrected chi connectivity index (χ0v) is 10.3. The Hall–Kier alpha value is -1.69. The van der Waals surface area contributed by atoms with Gasteiger partial charge in [-0.1, -0.05) is 0 Å². The smallest absolute Gasteiger partial charge is 0.271 e. The highest BCUT2D eigenvalue weighted by molar-refractivity contribution is 5.92. The standard InChI is InChI=1S/C11H18N4O2/c1-4-12-11(17)9-5-6-10(14-13-9)15(3)8(2)7-16/h5-6,8,16H,4,7H2,1-3H3,(H,12,17)/t8-/m0/s1. The number of hydrogen-bond donors (Lipinski definition) is 2. The molecule has 1 atom stereocenters.